The molecular formula is C9H15NOS. The van der Waals surface area contributed by atoms with Crippen LogP contribution in [-0.4, -0.2) is 4.57 Å². The fraction of sp³-hybridized carbons (Fsp3) is 0.667. The zero-order chi connectivity index (χ0) is 8.81. The van der Waals surface area contributed by atoms with Gasteiger partial charge in [-0.25, -0.2) is 0 Å². The first-order chi connectivity index (χ1) is 5.84. The topological polar surface area (TPSA) is 22.0 Å². The van der Waals surface area contributed by atoms with Gasteiger partial charge in [0.1, 0.15) is 0 Å². The summed E-state index contributed by atoms with van der Waals surface area (Å²) in [6.07, 6.45) is 6.76. The van der Waals surface area contributed by atoms with Gasteiger partial charge in [0.25, 0.3) is 0 Å². The van der Waals surface area contributed by atoms with Crippen LogP contribution >= 0.6 is 11.3 Å². The van der Waals surface area contributed by atoms with Gasteiger partial charge in [0.2, 0.25) is 0 Å². The molecule has 1 rings (SSSR count). The van der Waals surface area contributed by atoms with E-state index in [1.807, 2.05) is 11.6 Å². The molecule has 0 N–H and O–H groups in total. The van der Waals surface area contributed by atoms with Crippen LogP contribution < -0.4 is 4.87 Å². The Kier molecular flexibility index (Phi) is 4.08. The molecule has 0 fully saturated rings. The van der Waals surface area contributed by atoms with E-state index < -0.39 is 0 Å². The van der Waals surface area contributed by atoms with E-state index in [0.29, 0.717) is 0 Å². The van der Waals surface area contributed by atoms with Crippen molar-refractivity contribution in [2.75, 3.05) is 0 Å². The van der Waals surface area contributed by atoms with Crippen molar-refractivity contribution in [3.05, 3.63) is 21.2 Å². The Balaban J connectivity index is 2.24. The van der Waals surface area contributed by atoms with Crippen LogP contribution in [0.15, 0.2) is 16.4 Å². The lowest BCUT2D eigenvalue weighted by molar-refractivity contribution is 0.577. The lowest BCUT2D eigenvalue weighted by atomic mass is 10.2. The van der Waals surface area contributed by atoms with Crippen LogP contribution in [0, 0.1) is 0 Å². The lowest BCUT2D eigenvalue weighted by Crippen LogP contribution is -2.11. The SMILES string of the molecule is CCCCCCn1ccsc1=O. The number of aryl methyl sites for hydroxylation is 1. The normalized spacial score (nSPS) is 10.4. The fourth-order valence-corrected chi connectivity index (χ4v) is 1.78. The molecule has 2 nitrogen and oxygen atoms in total. The summed E-state index contributed by atoms with van der Waals surface area (Å²) in [7, 11) is 0. The van der Waals surface area contributed by atoms with E-state index in [0.717, 1.165) is 13.0 Å². The van der Waals surface area contributed by atoms with Crippen molar-refractivity contribution in [1.29, 1.82) is 0 Å². The summed E-state index contributed by atoms with van der Waals surface area (Å²) in [5, 5.41) is 1.85. The molecule has 0 aromatic carbocycles. The summed E-state index contributed by atoms with van der Waals surface area (Å²) in [5.41, 5.74) is 0. The second-order valence-corrected chi connectivity index (χ2v) is 3.78. The molecule has 1 aromatic rings. The molecule has 0 amide bonds. The minimum Gasteiger partial charge on any atom is -0.306 e. The molecule has 0 aliphatic heterocycles. The highest BCUT2D eigenvalue weighted by atomic mass is 32.1. The molecule has 0 saturated heterocycles. The second-order valence-electron chi connectivity index (χ2n) is 2.92. The van der Waals surface area contributed by atoms with E-state index in [1.54, 1.807) is 4.57 Å². The monoisotopic (exact) mass is 185 g/mol. The summed E-state index contributed by atoms with van der Waals surface area (Å²) < 4.78 is 1.79. The Morgan fingerprint density at radius 1 is 1.42 bits per heavy atom. The molecule has 0 atom stereocenters. The molecule has 68 valence electrons. The quantitative estimate of drug-likeness (QED) is 0.646. The molecule has 0 saturated carbocycles. The molecule has 0 aliphatic rings. The van der Waals surface area contributed by atoms with Gasteiger partial charge < -0.3 is 4.57 Å². The standard InChI is InChI=1S/C9H15NOS/c1-2-3-4-5-6-10-7-8-12-9(10)11/h7-8H,2-6H2,1H3. The molecular weight excluding hydrogens is 170 g/mol. The molecule has 0 bridgehead atoms. The first kappa shape index (κ1) is 9.52. The Labute approximate surface area is 76.9 Å². The first-order valence-corrected chi connectivity index (χ1v) is 5.36. The van der Waals surface area contributed by atoms with Gasteiger partial charge >= 0.3 is 4.87 Å². The summed E-state index contributed by atoms with van der Waals surface area (Å²) in [5.74, 6) is 0. The van der Waals surface area contributed by atoms with Crippen molar-refractivity contribution in [2.24, 2.45) is 0 Å². The van der Waals surface area contributed by atoms with Crippen LogP contribution in [0.1, 0.15) is 32.6 Å². The van der Waals surface area contributed by atoms with Crippen LogP contribution in [0.2, 0.25) is 0 Å². The number of rotatable bonds is 5. The van der Waals surface area contributed by atoms with Crippen molar-refractivity contribution in [1.82, 2.24) is 4.57 Å². The molecule has 0 spiro atoms. The largest absolute Gasteiger partial charge is 0.307 e. The number of thiazole rings is 1. The highest BCUT2D eigenvalue weighted by Crippen LogP contribution is 2.00. The third kappa shape index (κ3) is 2.81. The van der Waals surface area contributed by atoms with Gasteiger partial charge in [0.15, 0.2) is 0 Å². The Bertz CT molecular complexity index is 263. The highest BCUT2D eigenvalue weighted by Gasteiger charge is 1.94. The van der Waals surface area contributed by atoms with Gasteiger partial charge in [-0.15, -0.1) is 0 Å². The summed E-state index contributed by atoms with van der Waals surface area (Å²) in [6, 6.07) is 0. The van der Waals surface area contributed by atoms with Crippen molar-refractivity contribution in [2.45, 2.75) is 39.2 Å². The third-order valence-corrected chi connectivity index (χ3v) is 2.59. The van der Waals surface area contributed by atoms with Crippen LogP contribution in [0.3, 0.4) is 0 Å². The van der Waals surface area contributed by atoms with E-state index in [1.165, 1.54) is 30.6 Å². The Morgan fingerprint density at radius 3 is 2.83 bits per heavy atom. The maximum absolute atomic E-state index is 11.1. The average molecular weight is 185 g/mol. The Morgan fingerprint density at radius 2 is 2.25 bits per heavy atom. The molecule has 3 heteroatoms. The van der Waals surface area contributed by atoms with E-state index in [4.69, 9.17) is 0 Å². The van der Waals surface area contributed by atoms with Crippen LogP contribution in [0.4, 0.5) is 0 Å². The van der Waals surface area contributed by atoms with E-state index >= 15 is 0 Å². The minimum absolute atomic E-state index is 0.173. The van der Waals surface area contributed by atoms with Crippen LogP contribution in [-0.2, 0) is 6.54 Å². The summed E-state index contributed by atoms with van der Waals surface area (Å²) in [4.78, 5) is 11.2. The van der Waals surface area contributed by atoms with E-state index in [2.05, 4.69) is 6.92 Å². The fourth-order valence-electron chi connectivity index (χ4n) is 1.17. The summed E-state index contributed by atoms with van der Waals surface area (Å²) >= 11 is 1.28. The molecule has 0 radical (unpaired) electrons. The van der Waals surface area contributed by atoms with Crippen molar-refractivity contribution < 1.29 is 0 Å². The molecule has 0 aliphatic carbocycles. The van der Waals surface area contributed by atoms with Gasteiger partial charge in [-0.05, 0) is 6.42 Å². The lowest BCUT2D eigenvalue weighted by Gasteiger charge is -1.99. The van der Waals surface area contributed by atoms with Gasteiger partial charge in [-0.2, -0.15) is 0 Å². The average Bonchev–Trinajstić information content (AvgIpc) is 2.46. The number of aromatic nitrogens is 1. The zero-order valence-corrected chi connectivity index (χ0v) is 8.27. The van der Waals surface area contributed by atoms with Crippen LogP contribution in [0.5, 0.6) is 0 Å². The maximum Gasteiger partial charge on any atom is 0.307 e. The van der Waals surface area contributed by atoms with E-state index in [9.17, 15) is 4.79 Å². The molecule has 1 aromatic heterocycles. The predicted molar refractivity (Wildman–Crippen MR) is 52.7 cm³/mol. The van der Waals surface area contributed by atoms with Crippen molar-refractivity contribution >= 4 is 11.3 Å². The van der Waals surface area contributed by atoms with Gasteiger partial charge in [-0.1, -0.05) is 37.5 Å². The third-order valence-electron chi connectivity index (χ3n) is 1.90. The van der Waals surface area contributed by atoms with Gasteiger partial charge in [0, 0.05) is 18.1 Å². The number of hydrogen-bond donors (Lipinski definition) is 0. The van der Waals surface area contributed by atoms with Gasteiger partial charge in [-0.3, -0.25) is 4.79 Å². The number of unbranched alkanes of at least 4 members (excludes halogenated alkanes) is 3. The van der Waals surface area contributed by atoms with Crippen molar-refractivity contribution in [3.8, 4) is 0 Å². The summed E-state index contributed by atoms with van der Waals surface area (Å²) in [6.45, 7) is 3.08. The molecule has 0 unspecified atom stereocenters. The van der Waals surface area contributed by atoms with Crippen LogP contribution in [0.25, 0.3) is 0 Å². The van der Waals surface area contributed by atoms with E-state index in [-0.39, 0.29) is 4.87 Å². The number of hydrogen-bond acceptors (Lipinski definition) is 2. The highest BCUT2D eigenvalue weighted by molar-refractivity contribution is 7.07. The van der Waals surface area contributed by atoms with Gasteiger partial charge in [0.05, 0.1) is 0 Å². The molecule has 12 heavy (non-hydrogen) atoms. The minimum atomic E-state index is 0.173. The smallest absolute Gasteiger partial charge is 0.306 e. The maximum atomic E-state index is 11.1. The van der Waals surface area contributed by atoms with Crippen molar-refractivity contribution in [3.63, 3.8) is 0 Å². The number of nitrogens with zero attached hydrogens (tertiary/aromatic N) is 1. The first-order valence-electron chi connectivity index (χ1n) is 4.48. The zero-order valence-electron chi connectivity index (χ0n) is 7.45. The molecule has 1 heterocycles. The Hall–Kier alpha value is -0.570. The predicted octanol–water partition coefficient (Wildman–Crippen LogP) is 2.49. The second kappa shape index (κ2) is 5.14.